The molecule has 0 radical (unpaired) electrons. The molecule has 0 N–H and O–H groups in total. The number of fused-ring (bicyclic) bond motifs is 1. The zero-order valence-electron chi connectivity index (χ0n) is 7.12. The van der Waals surface area contributed by atoms with Crippen LogP contribution < -0.4 is 0 Å². The minimum absolute atomic E-state index is 0.0323. The van der Waals surface area contributed by atoms with E-state index in [9.17, 15) is 9.59 Å². The Morgan fingerprint density at radius 2 is 1.77 bits per heavy atom. The summed E-state index contributed by atoms with van der Waals surface area (Å²) < 4.78 is 0. The van der Waals surface area contributed by atoms with Gasteiger partial charge in [-0.1, -0.05) is 6.08 Å². The Labute approximate surface area is 75.9 Å². The molecule has 1 fully saturated rings. The first-order valence-corrected chi connectivity index (χ1v) is 4.28. The second kappa shape index (κ2) is 3.09. The van der Waals surface area contributed by atoms with Crippen molar-refractivity contribution >= 4 is 17.8 Å². The molecule has 3 nitrogen and oxygen atoms in total. The van der Waals surface area contributed by atoms with Crippen molar-refractivity contribution in [3.8, 4) is 0 Å². The molecule has 0 aromatic heterocycles. The Morgan fingerprint density at radius 1 is 1.08 bits per heavy atom. The van der Waals surface area contributed by atoms with Crippen molar-refractivity contribution in [3.63, 3.8) is 0 Å². The van der Waals surface area contributed by atoms with Crippen molar-refractivity contribution in [1.82, 2.24) is 0 Å². The van der Waals surface area contributed by atoms with Crippen molar-refractivity contribution in [3.05, 3.63) is 23.4 Å². The number of Topliss-reactive ketones (excluding diaryl/α,β-unsaturated/α-hetero) is 2. The lowest BCUT2D eigenvalue weighted by molar-refractivity contribution is -0.122. The number of aliphatic imine (C=N–C) groups is 1. The molecular weight excluding hydrogens is 166 g/mol. The van der Waals surface area contributed by atoms with E-state index in [1.165, 1.54) is 6.20 Å². The summed E-state index contributed by atoms with van der Waals surface area (Å²) in [6, 6.07) is 0. The van der Waals surface area contributed by atoms with Crippen LogP contribution in [0.2, 0.25) is 0 Å². The summed E-state index contributed by atoms with van der Waals surface area (Å²) in [5.74, 6) is 0.0984. The number of hydrogen-bond acceptors (Lipinski definition) is 3. The fourth-order valence-corrected chi connectivity index (χ4v) is 1.52. The number of hydrogen-bond donors (Lipinski definition) is 0. The third-order valence-corrected chi connectivity index (χ3v) is 2.21. The van der Waals surface area contributed by atoms with Gasteiger partial charge < -0.3 is 0 Å². The molecule has 0 atom stereocenters. The molecule has 1 heterocycles. The standard InChI is InChI=1S/C10H9NO2/c12-9-3-4-10(13)8-6-11-5-1-2-7(8)9/h2,5-6H,1,3-4H2. The number of rotatable bonds is 0. The quantitative estimate of drug-likeness (QED) is 0.555. The number of carbonyl (C=O) groups excluding carboxylic acids is 2. The van der Waals surface area contributed by atoms with Crippen molar-refractivity contribution < 1.29 is 9.59 Å². The van der Waals surface area contributed by atoms with Gasteiger partial charge in [0.05, 0.1) is 0 Å². The normalized spacial score (nSPS) is 21.8. The molecule has 0 aromatic carbocycles. The summed E-state index contributed by atoms with van der Waals surface area (Å²) >= 11 is 0. The third kappa shape index (κ3) is 1.37. The van der Waals surface area contributed by atoms with E-state index in [2.05, 4.69) is 4.99 Å². The monoisotopic (exact) mass is 175 g/mol. The highest BCUT2D eigenvalue weighted by atomic mass is 16.1. The summed E-state index contributed by atoms with van der Waals surface area (Å²) in [6.45, 7) is 0. The largest absolute Gasteiger partial charge is 0.294 e. The first-order chi connectivity index (χ1) is 6.29. The maximum atomic E-state index is 11.4. The van der Waals surface area contributed by atoms with Crippen molar-refractivity contribution in [2.24, 2.45) is 4.99 Å². The van der Waals surface area contributed by atoms with Gasteiger partial charge in [0.25, 0.3) is 0 Å². The van der Waals surface area contributed by atoms with Crippen LogP contribution >= 0.6 is 0 Å². The number of allylic oxidation sites excluding steroid dienone is 3. The molecule has 0 aromatic rings. The molecule has 3 heteroatoms. The van der Waals surface area contributed by atoms with Gasteiger partial charge in [0.15, 0.2) is 11.6 Å². The first kappa shape index (κ1) is 8.10. The predicted octanol–water partition coefficient (Wildman–Crippen LogP) is 1.20. The van der Waals surface area contributed by atoms with Crippen LogP contribution in [-0.2, 0) is 9.59 Å². The highest BCUT2D eigenvalue weighted by Gasteiger charge is 2.26. The smallest absolute Gasteiger partial charge is 0.165 e. The van der Waals surface area contributed by atoms with E-state index in [1.807, 2.05) is 0 Å². The molecule has 2 aliphatic rings. The van der Waals surface area contributed by atoms with Crippen LogP contribution in [0.25, 0.3) is 0 Å². The molecule has 1 aliphatic heterocycles. The number of carbonyl (C=O) groups is 2. The number of nitrogens with zero attached hydrogens (tertiary/aromatic N) is 1. The number of ketones is 2. The second-order valence-corrected chi connectivity index (χ2v) is 3.07. The van der Waals surface area contributed by atoms with E-state index in [-0.39, 0.29) is 11.6 Å². The zero-order chi connectivity index (χ0) is 9.26. The predicted molar refractivity (Wildman–Crippen MR) is 48.5 cm³/mol. The maximum Gasteiger partial charge on any atom is 0.165 e. The highest BCUT2D eigenvalue weighted by Crippen LogP contribution is 2.24. The molecule has 0 spiro atoms. The molecular formula is C10H9NO2. The lowest BCUT2D eigenvalue weighted by Gasteiger charge is -2.13. The van der Waals surface area contributed by atoms with Crippen LogP contribution in [0.15, 0.2) is 28.4 Å². The molecule has 1 aliphatic carbocycles. The van der Waals surface area contributed by atoms with Crippen molar-refractivity contribution in [2.45, 2.75) is 19.3 Å². The Hall–Kier alpha value is -1.51. The highest BCUT2D eigenvalue weighted by molar-refractivity contribution is 6.17. The Bertz CT molecular complexity index is 361. The molecule has 1 saturated carbocycles. The van der Waals surface area contributed by atoms with Crippen LogP contribution in [0.3, 0.4) is 0 Å². The minimum Gasteiger partial charge on any atom is -0.294 e. The van der Waals surface area contributed by atoms with Crippen LogP contribution in [0.4, 0.5) is 0 Å². The third-order valence-electron chi connectivity index (χ3n) is 2.21. The van der Waals surface area contributed by atoms with Crippen molar-refractivity contribution in [1.29, 1.82) is 0 Å². The molecule has 2 rings (SSSR count). The van der Waals surface area contributed by atoms with Crippen LogP contribution in [0, 0.1) is 0 Å². The molecule has 66 valence electrons. The summed E-state index contributed by atoms with van der Waals surface area (Å²) in [5, 5.41) is 0. The molecule has 13 heavy (non-hydrogen) atoms. The minimum atomic E-state index is 0.0323. The maximum absolute atomic E-state index is 11.4. The van der Waals surface area contributed by atoms with E-state index in [0.717, 1.165) is 0 Å². The molecule has 0 bridgehead atoms. The van der Waals surface area contributed by atoms with Crippen molar-refractivity contribution in [2.75, 3.05) is 0 Å². The Balaban J connectivity index is 2.46. The lowest BCUT2D eigenvalue weighted by atomic mass is 9.87. The van der Waals surface area contributed by atoms with Crippen LogP contribution in [0.1, 0.15) is 19.3 Å². The van der Waals surface area contributed by atoms with Gasteiger partial charge in [-0.3, -0.25) is 14.6 Å². The van der Waals surface area contributed by atoms with Gasteiger partial charge >= 0.3 is 0 Å². The molecule has 0 amide bonds. The zero-order valence-corrected chi connectivity index (χ0v) is 7.12. The average molecular weight is 175 g/mol. The van der Waals surface area contributed by atoms with Crippen LogP contribution in [-0.4, -0.2) is 17.8 Å². The van der Waals surface area contributed by atoms with Gasteiger partial charge in [0.1, 0.15) is 0 Å². The van der Waals surface area contributed by atoms with E-state index in [1.54, 1.807) is 12.3 Å². The SMILES string of the molecule is O=C1CCC(=O)C2=CN=CCC=C12. The van der Waals surface area contributed by atoms with E-state index in [4.69, 9.17) is 0 Å². The fourth-order valence-electron chi connectivity index (χ4n) is 1.52. The summed E-state index contributed by atoms with van der Waals surface area (Å²) in [5.41, 5.74) is 1.05. The van der Waals surface area contributed by atoms with Gasteiger partial charge in [0.2, 0.25) is 0 Å². The van der Waals surface area contributed by atoms with E-state index < -0.39 is 0 Å². The van der Waals surface area contributed by atoms with Gasteiger partial charge in [-0.15, -0.1) is 0 Å². The van der Waals surface area contributed by atoms with Gasteiger partial charge in [-0.2, -0.15) is 0 Å². The molecule has 0 unspecified atom stereocenters. The van der Waals surface area contributed by atoms with Gasteiger partial charge in [0, 0.05) is 42.8 Å². The second-order valence-electron chi connectivity index (χ2n) is 3.07. The van der Waals surface area contributed by atoms with Gasteiger partial charge in [-0.05, 0) is 0 Å². The van der Waals surface area contributed by atoms with E-state index >= 15 is 0 Å². The summed E-state index contributed by atoms with van der Waals surface area (Å²) in [4.78, 5) is 26.7. The van der Waals surface area contributed by atoms with Crippen LogP contribution in [0.5, 0.6) is 0 Å². The fraction of sp³-hybridized carbons (Fsp3) is 0.300. The summed E-state index contributed by atoms with van der Waals surface area (Å²) in [6.07, 6.45) is 6.28. The average Bonchev–Trinajstić information content (AvgIpc) is 2.37. The topological polar surface area (TPSA) is 46.5 Å². The van der Waals surface area contributed by atoms with E-state index in [0.29, 0.717) is 30.4 Å². The van der Waals surface area contributed by atoms with Gasteiger partial charge in [-0.25, -0.2) is 0 Å². The lowest BCUT2D eigenvalue weighted by Crippen LogP contribution is -2.19. The Morgan fingerprint density at radius 3 is 2.54 bits per heavy atom. The first-order valence-electron chi connectivity index (χ1n) is 4.28. The summed E-state index contributed by atoms with van der Waals surface area (Å²) in [7, 11) is 0. The Kier molecular flexibility index (Phi) is 1.93. The molecule has 0 saturated heterocycles.